The summed E-state index contributed by atoms with van der Waals surface area (Å²) in [4.78, 5) is 35.4. The van der Waals surface area contributed by atoms with Gasteiger partial charge in [-0.25, -0.2) is 14.4 Å². The van der Waals surface area contributed by atoms with Crippen LogP contribution in [0.1, 0.15) is 16.7 Å². The number of esters is 1. The lowest BCUT2D eigenvalue weighted by atomic mass is 10.1. The summed E-state index contributed by atoms with van der Waals surface area (Å²) in [5.41, 5.74) is 2.09. The minimum absolute atomic E-state index is 0.0997. The number of alkyl carbamates (subject to hydrolysis) is 1. The molecule has 144 valence electrons. The third-order valence-electron chi connectivity index (χ3n) is 3.96. The average molecular weight is 381 g/mol. The van der Waals surface area contributed by atoms with E-state index in [2.05, 4.69) is 5.32 Å². The van der Waals surface area contributed by atoms with Crippen molar-refractivity contribution in [1.29, 1.82) is 0 Å². The van der Waals surface area contributed by atoms with E-state index in [1.807, 2.05) is 30.3 Å². The fourth-order valence-corrected chi connectivity index (χ4v) is 2.73. The first-order valence-corrected chi connectivity index (χ1v) is 8.63. The smallest absolute Gasteiger partial charge is 0.407 e. The number of amides is 1. The molecule has 0 aliphatic heterocycles. The molecule has 1 aromatic heterocycles. The van der Waals surface area contributed by atoms with Crippen molar-refractivity contribution in [2.75, 3.05) is 6.54 Å². The van der Waals surface area contributed by atoms with Gasteiger partial charge in [-0.3, -0.25) is 0 Å². The highest BCUT2D eigenvalue weighted by Gasteiger charge is 2.14. The highest BCUT2D eigenvalue weighted by Crippen LogP contribution is 2.29. The Morgan fingerprint density at radius 3 is 2.57 bits per heavy atom. The second-order valence-corrected chi connectivity index (χ2v) is 6.27. The van der Waals surface area contributed by atoms with Crippen molar-refractivity contribution < 1.29 is 23.5 Å². The summed E-state index contributed by atoms with van der Waals surface area (Å²) >= 11 is 0. The van der Waals surface area contributed by atoms with Gasteiger partial charge in [-0.05, 0) is 42.7 Å². The molecule has 0 saturated heterocycles. The van der Waals surface area contributed by atoms with Crippen LogP contribution in [0.5, 0.6) is 5.75 Å². The van der Waals surface area contributed by atoms with Crippen LogP contribution in [0.2, 0.25) is 0 Å². The molecule has 1 heterocycles. The highest BCUT2D eigenvalue weighted by molar-refractivity contribution is 5.90. The summed E-state index contributed by atoms with van der Waals surface area (Å²) in [6.45, 7) is 3.25. The van der Waals surface area contributed by atoms with Gasteiger partial charge in [0.2, 0.25) is 0 Å². The normalized spacial score (nSPS) is 10.5. The molecule has 1 amide bonds. The van der Waals surface area contributed by atoms with E-state index in [0.717, 1.165) is 11.1 Å². The monoisotopic (exact) mass is 381 g/mol. The molecule has 7 heteroatoms. The van der Waals surface area contributed by atoms with E-state index in [9.17, 15) is 14.4 Å². The fraction of sp³-hybridized carbons (Fsp3) is 0.190. The van der Waals surface area contributed by atoms with Crippen molar-refractivity contribution in [3.63, 3.8) is 0 Å². The number of ether oxygens (including phenoxy) is 2. The first-order chi connectivity index (χ1) is 13.4. The summed E-state index contributed by atoms with van der Waals surface area (Å²) < 4.78 is 15.6. The number of fused-ring (bicyclic) bond motifs is 1. The van der Waals surface area contributed by atoms with E-state index in [1.165, 1.54) is 6.07 Å². The summed E-state index contributed by atoms with van der Waals surface area (Å²) in [5, 5.41) is 2.88. The topological polar surface area (TPSA) is 94.8 Å². The summed E-state index contributed by atoms with van der Waals surface area (Å²) in [6.07, 6.45) is -0.725. The highest BCUT2D eigenvalue weighted by atomic mass is 16.6. The van der Waals surface area contributed by atoms with Crippen LogP contribution in [0.4, 0.5) is 4.79 Å². The minimum Gasteiger partial charge on any atom is -0.445 e. The van der Waals surface area contributed by atoms with Crippen molar-refractivity contribution in [2.24, 2.45) is 0 Å². The van der Waals surface area contributed by atoms with Gasteiger partial charge in [-0.2, -0.15) is 0 Å². The molecule has 0 unspecified atom stereocenters. The zero-order valence-corrected chi connectivity index (χ0v) is 15.5. The van der Waals surface area contributed by atoms with Gasteiger partial charge < -0.3 is 19.2 Å². The van der Waals surface area contributed by atoms with Gasteiger partial charge in [-0.15, -0.1) is 0 Å². The standard InChI is InChI=1S/C21H19NO6/c1-13-8-16-20(14(2)10-18(23)27-16)17(9-13)28-19(24)11-22-21(25)26-12-15-6-4-3-5-7-15/h3-10H,11-12H2,1-2H3,(H,22,25). The maximum Gasteiger partial charge on any atom is 0.407 e. The molecule has 0 spiro atoms. The van der Waals surface area contributed by atoms with Crippen molar-refractivity contribution in [3.05, 3.63) is 75.6 Å². The molecule has 28 heavy (non-hydrogen) atoms. The molecule has 7 nitrogen and oxygen atoms in total. The SMILES string of the molecule is Cc1cc(OC(=O)CNC(=O)OCc2ccccc2)c2c(C)cc(=O)oc2c1. The zero-order chi connectivity index (χ0) is 20.1. The van der Waals surface area contributed by atoms with Gasteiger partial charge in [0.15, 0.2) is 0 Å². The zero-order valence-electron chi connectivity index (χ0n) is 15.5. The second kappa shape index (κ2) is 8.39. The van der Waals surface area contributed by atoms with Crippen molar-refractivity contribution >= 4 is 23.0 Å². The third kappa shape index (κ3) is 4.76. The molecule has 2 aromatic carbocycles. The van der Waals surface area contributed by atoms with Gasteiger partial charge >= 0.3 is 17.7 Å². The number of rotatable bonds is 5. The Morgan fingerprint density at radius 2 is 1.82 bits per heavy atom. The van der Waals surface area contributed by atoms with Crippen LogP contribution in [-0.4, -0.2) is 18.6 Å². The van der Waals surface area contributed by atoms with Crippen LogP contribution >= 0.6 is 0 Å². The van der Waals surface area contributed by atoms with Crippen molar-refractivity contribution in [2.45, 2.75) is 20.5 Å². The molecule has 3 aromatic rings. The molecular formula is C21H19NO6. The van der Waals surface area contributed by atoms with Gasteiger partial charge in [0.25, 0.3) is 0 Å². The van der Waals surface area contributed by atoms with Crippen LogP contribution in [0.15, 0.2) is 57.7 Å². The molecule has 3 rings (SSSR count). The largest absolute Gasteiger partial charge is 0.445 e. The number of hydrogen-bond donors (Lipinski definition) is 1. The fourth-order valence-electron chi connectivity index (χ4n) is 2.73. The Kier molecular flexibility index (Phi) is 5.74. The van der Waals surface area contributed by atoms with Gasteiger partial charge in [-0.1, -0.05) is 30.3 Å². The van der Waals surface area contributed by atoms with Gasteiger partial charge in [0.05, 0.1) is 5.39 Å². The second-order valence-electron chi connectivity index (χ2n) is 6.27. The molecule has 1 N–H and O–H groups in total. The first kappa shape index (κ1) is 19.2. The number of nitrogens with one attached hydrogen (secondary N) is 1. The number of hydrogen-bond acceptors (Lipinski definition) is 6. The predicted octanol–water partition coefficient (Wildman–Crippen LogP) is 3.24. The van der Waals surface area contributed by atoms with E-state index in [4.69, 9.17) is 13.9 Å². The molecule has 0 bridgehead atoms. The van der Waals surface area contributed by atoms with Crippen LogP contribution < -0.4 is 15.7 Å². The van der Waals surface area contributed by atoms with E-state index in [-0.39, 0.29) is 18.9 Å². The van der Waals surface area contributed by atoms with Gasteiger partial charge in [0, 0.05) is 6.07 Å². The number of carbonyl (C=O) groups excluding carboxylic acids is 2. The van der Waals surface area contributed by atoms with E-state index in [0.29, 0.717) is 16.5 Å². The molecule has 0 aliphatic rings. The molecule has 0 saturated carbocycles. The Labute approximate surface area is 160 Å². The average Bonchev–Trinajstić information content (AvgIpc) is 2.64. The molecule has 0 aliphatic carbocycles. The Balaban J connectivity index is 1.62. The van der Waals surface area contributed by atoms with Crippen molar-refractivity contribution in [3.8, 4) is 5.75 Å². The minimum atomic E-state index is -0.725. The summed E-state index contributed by atoms with van der Waals surface area (Å²) in [7, 11) is 0. The molecular weight excluding hydrogens is 362 g/mol. The Hall–Kier alpha value is -3.61. The van der Waals surface area contributed by atoms with Crippen molar-refractivity contribution in [1.82, 2.24) is 5.32 Å². The first-order valence-electron chi connectivity index (χ1n) is 8.63. The third-order valence-corrected chi connectivity index (χ3v) is 3.96. The Morgan fingerprint density at radius 1 is 1.07 bits per heavy atom. The van der Waals surface area contributed by atoms with E-state index < -0.39 is 17.7 Å². The van der Waals surface area contributed by atoms with E-state index in [1.54, 1.807) is 26.0 Å². The lowest BCUT2D eigenvalue weighted by molar-refractivity contribution is -0.133. The summed E-state index contributed by atoms with van der Waals surface area (Å²) in [5.74, 6) is -0.408. The van der Waals surface area contributed by atoms with Crippen LogP contribution in [0, 0.1) is 13.8 Å². The van der Waals surface area contributed by atoms with E-state index >= 15 is 0 Å². The Bertz CT molecular complexity index is 1070. The predicted molar refractivity (Wildman–Crippen MR) is 102 cm³/mol. The van der Waals surface area contributed by atoms with Crippen LogP contribution in [0.3, 0.4) is 0 Å². The lowest BCUT2D eigenvalue weighted by Crippen LogP contribution is -2.32. The number of benzene rings is 2. The lowest BCUT2D eigenvalue weighted by Gasteiger charge is -2.11. The number of carbonyl (C=O) groups is 2. The van der Waals surface area contributed by atoms with Crippen LogP contribution in [0.25, 0.3) is 11.0 Å². The van der Waals surface area contributed by atoms with Gasteiger partial charge in [0.1, 0.15) is 24.5 Å². The maximum absolute atomic E-state index is 12.1. The quantitative estimate of drug-likeness (QED) is 0.414. The molecule has 0 fully saturated rings. The summed E-state index contributed by atoms with van der Waals surface area (Å²) in [6, 6.07) is 13.9. The molecule has 0 atom stereocenters. The number of aryl methyl sites for hydroxylation is 2. The molecule has 0 radical (unpaired) electrons. The van der Waals surface area contributed by atoms with Crippen LogP contribution in [-0.2, 0) is 16.1 Å². The maximum atomic E-state index is 12.1.